The first-order chi connectivity index (χ1) is 9.07. The average molecular weight is 289 g/mol. The van der Waals surface area contributed by atoms with Gasteiger partial charge in [0.05, 0.1) is 0 Å². The molecule has 5 heteroatoms. The zero-order valence-electron chi connectivity index (χ0n) is 12.7. The maximum Gasteiger partial charge on any atom is 0.0466 e. The van der Waals surface area contributed by atoms with Crippen LogP contribution in [0.5, 0.6) is 0 Å². The van der Waals surface area contributed by atoms with Crippen molar-refractivity contribution in [1.29, 1.82) is 4.78 Å². The molecule has 1 rings (SSSR count). The van der Waals surface area contributed by atoms with Gasteiger partial charge < -0.3 is 9.80 Å². The van der Waals surface area contributed by atoms with Gasteiger partial charge in [-0.3, -0.25) is 4.78 Å². The SMILES string of the molecule is CCCCCN(CCC)CCN1CCS(=N)(=O)CC1. The van der Waals surface area contributed by atoms with Gasteiger partial charge in [0.25, 0.3) is 0 Å². The van der Waals surface area contributed by atoms with E-state index in [9.17, 15) is 4.21 Å². The summed E-state index contributed by atoms with van der Waals surface area (Å²) in [6.45, 7) is 10.8. The highest BCUT2D eigenvalue weighted by Gasteiger charge is 2.18. The summed E-state index contributed by atoms with van der Waals surface area (Å²) in [5.41, 5.74) is 0. The van der Waals surface area contributed by atoms with E-state index in [1.807, 2.05) is 0 Å². The van der Waals surface area contributed by atoms with Crippen LogP contribution in [0.1, 0.15) is 39.5 Å². The van der Waals surface area contributed by atoms with Crippen molar-refractivity contribution in [3.8, 4) is 0 Å². The minimum absolute atomic E-state index is 0.566. The highest BCUT2D eigenvalue weighted by molar-refractivity contribution is 7.92. The van der Waals surface area contributed by atoms with Gasteiger partial charge in [0.15, 0.2) is 0 Å². The van der Waals surface area contributed by atoms with Gasteiger partial charge in [0, 0.05) is 47.4 Å². The van der Waals surface area contributed by atoms with E-state index in [4.69, 9.17) is 4.78 Å². The smallest absolute Gasteiger partial charge is 0.0466 e. The Balaban J connectivity index is 2.23. The largest absolute Gasteiger partial charge is 0.302 e. The Kier molecular flexibility index (Phi) is 7.95. The van der Waals surface area contributed by atoms with Crippen molar-refractivity contribution < 1.29 is 4.21 Å². The molecule has 1 heterocycles. The van der Waals surface area contributed by atoms with Gasteiger partial charge in [0.2, 0.25) is 0 Å². The Morgan fingerprint density at radius 3 is 2.32 bits per heavy atom. The monoisotopic (exact) mass is 289 g/mol. The summed E-state index contributed by atoms with van der Waals surface area (Å²) in [7, 11) is -2.24. The molecular weight excluding hydrogens is 258 g/mol. The van der Waals surface area contributed by atoms with Crippen LogP contribution in [0.15, 0.2) is 0 Å². The molecule has 0 unspecified atom stereocenters. The van der Waals surface area contributed by atoms with Crippen molar-refractivity contribution in [3.05, 3.63) is 0 Å². The van der Waals surface area contributed by atoms with Crippen LogP contribution in [0.2, 0.25) is 0 Å². The van der Waals surface area contributed by atoms with Gasteiger partial charge in [-0.2, -0.15) is 0 Å². The molecule has 114 valence electrons. The number of nitrogens with one attached hydrogen (secondary N) is 1. The third-order valence-corrected chi connectivity index (χ3v) is 5.51. The summed E-state index contributed by atoms with van der Waals surface area (Å²) in [4.78, 5) is 4.93. The molecule has 0 aliphatic carbocycles. The van der Waals surface area contributed by atoms with Gasteiger partial charge in [0.1, 0.15) is 0 Å². The van der Waals surface area contributed by atoms with Crippen LogP contribution in [0, 0.1) is 4.78 Å². The molecule has 0 radical (unpaired) electrons. The van der Waals surface area contributed by atoms with Crippen molar-refractivity contribution >= 4 is 9.73 Å². The Labute approximate surface area is 119 Å². The molecule has 1 N–H and O–H groups in total. The Hall–Kier alpha value is -0.130. The lowest BCUT2D eigenvalue weighted by Crippen LogP contribution is -2.43. The van der Waals surface area contributed by atoms with E-state index in [-0.39, 0.29) is 0 Å². The Bertz CT molecular complexity index is 316. The van der Waals surface area contributed by atoms with Crippen LogP contribution < -0.4 is 0 Å². The van der Waals surface area contributed by atoms with Crippen molar-refractivity contribution in [1.82, 2.24) is 9.80 Å². The quantitative estimate of drug-likeness (QED) is 0.662. The van der Waals surface area contributed by atoms with Crippen LogP contribution in [-0.2, 0) is 9.73 Å². The molecule has 0 atom stereocenters. The number of rotatable bonds is 9. The van der Waals surface area contributed by atoms with Gasteiger partial charge in [-0.1, -0.05) is 26.7 Å². The molecule has 4 nitrogen and oxygen atoms in total. The molecule has 0 amide bonds. The lowest BCUT2D eigenvalue weighted by atomic mass is 10.2. The fourth-order valence-electron chi connectivity index (χ4n) is 2.51. The second-order valence-electron chi connectivity index (χ2n) is 5.61. The molecule has 0 saturated carbocycles. The van der Waals surface area contributed by atoms with E-state index in [1.165, 1.54) is 38.8 Å². The third kappa shape index (κ3) is 7.28. The van der Waals surface area contributed by atoms with Crippen LogP contribution >= 0.6 is 0 Å². The second-order valence-corrected chi connectivity index (χ2v) is 8.05. The normalized spacial score (nSPS) is 19.9. The van der Waals surface area contributed by atoms with Gasteiger partial charge in [-0.05, 0) is 25.9 Å². The fourth-order valence-corrected chi connectivity index (χ4v) is 3.82. The summed E-state index contributed by atoms with van der Waals surface area (Å²) >= 11 is 0. The number of hydrogen-bond acceptors (Lipinski definition) is 4. The van der Waals surface area contributed by atoms with E-state index in [0.29, 0.717) is 11.5 Å². The third-order valence-electron chi connectivity index (χ3n) is 3.82. The van der Waals surface area contributed by atoms with E-state index in [2.05, 4.69) is 23.6 Å². The number of unbranched alkanes of at least 4 members (excludes halogenated alkanes) is 2. The van der Waals surface area contributed by atoms with E-state index < -0.39 is 9.73 Å². The van der Waals surface area contributed by atoms with Crippen molar-refractivity contribution in [3.63, 3.8) is 0 Å². The molecule has 1 saturated heterocycles. The molecular formula is C14H31N3OS. The molecule has 0 aromatic carbocycles. The first kappa shape index (κ1) is 16.9. The summed E-state index contributed by atoms with van der Waals surface area (Å²) in [5, 5.41) is 0. The van der Waals surface area contributed by atoms with Crippen molar-refractivity contribution in [2.45, 2.75) is 39.5 Å². The molecule has 19 heavy (non-hydrogen) atoms. The molecule has 0 bridgehead atoms. The van der Waals surface area contributed by atoms with Crippen molar-refractivity contribution in [2.75, 3.05) is 50.8 Å². The topological polar surface area (TPSA) is 47.4 Å². The lowest BCUT2D eigenvalue weighted by Gasteiger charge is -2.30. The van der Waals surface area contributed by atoms with Crippen LogP contribution in [0.3, 0.4) is 0 Å². The summed E-state index contributed by atoms with van der Waals surface area (Å²) in [6.07, 6.45) is 5.12. The maximum absolute atomic E-state index is 11.6. The number of hydrogen-bond donors (Lipinski definition) is 1. The predicted octanol–water partition coefficient (Wildman–Crippen LogP) is 2.25. The summed E-state index contributed by atoms with van der Waals surface area (Å²) in [5.74, 6) is 1.13. The Morgan fingerprint density at radius 1 is 1.05 bits per heavy atom. The maximum atomic E-state index is 11.6. The van der Waals surface area contributed by atoms with E-state index >= 15 is 0 Å². The van der Waals surface area contributed by atoms with Gasteiger partial charge >= 0.3 is 0 Å². The summed E-state index contributed by atoms with van der Waals surface area (Å²) in [6, 6.07) is 0. The fraction of sp³-hybridized carbons (Fsp3) is 1.00. The second kappa shape index (κ2) is 8.93. The van der Waals surface area contributed by atoms with Crippen molar-refractivity contribution in [2.24, 2.45) is 0 Å². The van der Waals surface area contributed by atoms with E-state index in [1.54, 1.807) is 0 Å². The van der Waals surface area contributed by atoms with Gasteiger partial charge in [-0.15, -0.1) is 0 Å². The summed E-state index contributed by atoms with van der Waals surface area (Å²) < 4.78 is 19.2. The number of nitrogens with zero attached hydrogens (tertiary/aromatic N) is 2. The van der Waals surface area contributed by atoms with Crippen LogP contribution in [0.4, 0.5) is 0 Å². The minimum Gasteiger partial charge on any atom is -0.302 e. The minimum atomic E-state index is -2.24. The lowest BCUT2D eigenvalue weighted by molar-refractivity contribution is 0.209. The van der Waals surface area contributed by atoms with Crippen LogP contribution in [0.25, 0.3) is 0 Å². The predicted molar refractivity (Wildman–Crippen MR) is 83.3 cm³/mol. The average Bonchev–Trinajstić information content (AvgIpc) is 2.37. The Morgan fingerprint density at radius 2 is 1.74 bits per heavy atom. The zero-order valence-corrected chi connectivity index (χ0v) is 13.5. The first-order valence-electron chi connectivity index (χ1n) is 7.76. The molecule has 1 aliphatic heterocycles. The first-order valence-corrected chi connectivity index (χ1v) is 9.66. The van der Waals surface area contributed by atoms with Gasteiger partial charge in [-0.25, -0.2) is 4.21 Å². The molecule has 1 fully saturated rings. The van der Waals surface area contributed by atoms with Crippen LogP contribution in [-0.4, -0.2) is 64.8 Å². The molecule has 0 aromatic heterocycles. The van der Waals surface area contributed by atoms with E-state index in [0.717, 1.165) is 26.2 Å². The molecule has 1 aliphatic rings. The highest BCUT2D eigenvalue weighted by atomic mass is 32.2. The standard InChI is InChI=1S/C14H31N3OS/c1-3-5-6-8-16(7-4-2)9-10-17-11-13-19(15,18)14-12-17/h15H,3-14H2,1-2H3. The molecule has 0 spiro atoms. The zero-order chi connectivity index (χ0) is 14.1. The molecule has 0 aromatic rings. The highest BCUT2D eigenvalue weighted by Crippen LogP contribution is 2.05.